The molecule has 3 heterocycles. The number of nitrogens with one attached hydrogen (secondary N) is 2. The third-order valence-electron chi connectivity index (χ3n) is 7.42. The van der Waals surface area contributed by atoms with Crippen molar-refractivity contribution in [1.29, 1.82) is 0 Å². The number of nitrogens with zero attached hydrogens (tertiary/aromatic N) is 4. The van der Waals surface area contributed by atoms with Crippen molar-refractivity contribution >= 4 is 45.9 Å². The van der Waals surface area contributed by atoms with Crippen LogP contribution < -0.4 is 5.32 Å². The maximum Gasteiger partial charge on any atom is 0.274 e. The summed E-state index contributed by atoms with van der Waals surface area (Å²) in [5.74, 6) is -0.754. The molecule has 1 aliphatic heterocycles. The van der Waals surface area contributed by atoms with Crippen molar-refractivity contribution in [2.75, 3.05) is 52.5 Å². The number of halogens is 2. The van der Waals surface area contributed by atoms with Gasteiger partial charge in [0.2, 0.25) is 0 Å². The van der Waals surface area contributed by atoms with Crippen LogP contribution in [-0.2, 0) is 17.6 Å². The lowest BCUT2D eigenvalue weighted by atomic mass is 10.1. The molecule has 0 aliphatic carbocycles. The van der Waals surface area contributed by atoms with Crippen molar-refractivity contribution in [3.63, 3.8) is 0 Å². The Morgan fingerprint density at radius 2 is 1.76 bits per heavy atom. The van der Waals surface area contributed by atoms with E-state index in [1.54, 1.807) is 11.0 Å². The van der Waals surface area contributed by atoms with Gasteiger partial charge in [0.05, 0.1) is 23.3 Å². The molecular formula is C31H34Cl2N6O3. The molecule has 9 nitrogen and oxygen atoms in total. The van der Waals surface area contributed by atoms with E-state index in [0.29, 0.717) is 42.5 Å². The van der Waals surface area contributed by atoms with Crippen LogP contribution in [0.1, 0.15) is 38.5 Å². The summed E-state index contributed by atoms with van der Waals surface area (Å²) in [7, 11) is 0. The Bertz CT molecular complexity index is 1520. The van der Waals surface area contributed by atoms with Gasteiger partial charge in [0.15, 0.2) is 11.4 Å². The van der Waals surface area contributed by atoms with E-state index in [1.807, 2.05) is 42.6 Å². The number of fused-ring (bicyclic) bond motifs is 1. The van der Waals surface area contributed by atoms with Gasteiger partial charge in [-0.15, -0.1) is 0 Å². The SMILES string of the molecule is O=C(NCCc1c[nH]c2ccccc12)c1nccnc1C(=O)N(CCCN1CCOCC1)CCc1ccc(Cl)c(Cl)c1. The Hall–Kier alpha value is -3.50. The Labute approximate surface area is 255 Å². The van der Waals surface area contributed by atoms with Gasteiger partial charge in [0.25, 0.3) is 11.8 Å². The fourth-order valence-electron chi connectivity index (χ4n) is 5.13. The highest BCUT2D eigenvalue weighted by molar-refractivity contribution is 6.42. The number of morpholine rings is 1. The van der Waals surface area contributed by atoms with Crippen LogP contribution in [0.4, 0.5) is 0 Å². The Balaban J connectivity index is 1.26. The van der Waals surface area contributed by atoms with E-state index in [0.717, 1.165) is 61.3 Å². The Kier molecular flexibility index (Phi) is 10.4. The summed E-state index contributed by atoms with van der Waals surface area (Å²) in [6.07, 6.45) is 6.82. The van der Waals surface area contributed by atoms with E-state index in [2.05, 4.69) is 25.2 Å². The second-order valence-corrected chi connectivity index (χ2v) is 11.0. The van der Waals surface area contributed by atoms with E-state index in [-0.39, 0.29) is 17.3 Å². The Morgan fingerprint density at radius 1 is 0.976 bits per heavy atom. The third-order valence-corrected chi connectivity index (χ3v) is 8.16. The van der Waals surface area contributed by atoms with Crippen molar-refractivity contribution in [1.82, 2.24) is 30.1 Å². The van der Waals surface area contributed by atoms with Crippen LogP contribution in [0.5, 0.6) is 0 Å². The first-order valence-electron chi connectivity index (χ1n) is 14.2. The monoisotopic (exact) mass is 608 g/mol. The average Bonchev–Trinajstić information content (AvgIpc) is 3.43. The number of amides is 2. The summed E-state index contributed by atoms with van der Waals surface area (Å²) >= 11 is 12.3. The summed E-state index contributed by atoms with van der Waals surface area (Å²) in [6.45, 7) is 5.38. The van der Waals surface area contributed by atoms with Crippen molar-refractivity contribution < 1.29 is 14.3 Å². The van der Waals surface area contributed by atoms with Gasteiger partial charge in [0, 0.05) is 68.8 Å². The molecule has 0 unspecified atom stereocenters. The zero-order chi connectivity index (χ0) is 29.3. The van der Waals surface area contributed by atoms with E-state index in [9.17, 15) is 9.59 Å². The summed E-state index contributed by atoms with van der Waals surface area (Å²) < 4.78 is 5.45. The van der Waals surface area contributed by atoms with Crippen molar-refractivity contribution in [3.05, 3.63) is 93.6 Å². The molecular weight excluding hydrogens is 575 g/mol. The minimum atomic E-state index is -0.427. The first-order valence-corrected chi connectivity index (χ1v) is 14.9. The molecule has 4 aromatic rings. The molecule has 5 rings (SSSR count). The maximum absolute atomic E-state index is 13.9. The highest BCUT2D eigenvalue weighted by Crippen LogP contribution is 2.23. The molecule has 1 fully saturated rings. The zero-order valence-electron chi connectivity index (χ0n) is 23.3. The van der Waals surface area contributed by atoms with Crippen LogP contribution in [0.2, 0.25) is 10.0 Å². The minimum Gasteiger partial charge on any atom is -0.379 e. The van der Waals surface area contributed by atoms with Gasteiger partial charge >= 0.3 is 0 Å². The van der Waals surface area contributed by atoms with Gasteiger partial charge in [-0.05, 0) is 48.6 Å². The molecule has 2 aromatic carbocycles. The predicted molar refractivity (Wildman–Crippen MR) is 164 cm³/mol. The summed E-state index contributed by atoms with van der Waals surface area (Å²) in [4.78, 5) is 43.0. The smallest absolute Gasteiger partial charge is 0.274 e. The standard InChI is InChI=1S/C31H34Cl2N6O3/c32-25-7-6-22(20-26(25)33)9-15-39(14-3-13-38-16-18-42-19-17-38)31(41)29-28(34-11-12-35-29)30(40)36-10-8-23-21-37-27-5-2-1-4-24(23)27/h1-2,4-7,11-12,20-21,37H,3,8-10,13-19H2,(H,36,40). The number of hydrogen-bond donors (Lipinski definition) is 2. The van der Waals surface area contributed by atoms with Crippen LogP contribution in [0.25, 0.3) is 10.9 Å². The Morgan fingerprint density at radius 3 is 2.57 bits per heavy atom. The van der Waals surface area contributed by atoms with Gasteiger partial charge in [-0.1, -0.05) is 47.5 Å². The van der Waals surface area contributed by atoms with Gasteiger partial charge in [0.1, 0.15) is 0 Å². The summed E-state index contributed by atoms with van der Waals surface area (Å²) in [6, 6.07) is 13.5. The quantitative estimate of drug-likeness (QED) is 0.243. The van der Waals surface area contributed by atoms with Crippen molar-refractivity contribution in [3.8, 4) is 0 Å². The highest BCUT2D eigenvalue weighted by atomic mass is 35.5. The fraction of sp³-hybridized carbons (Fsp3) is 0.355. The van der Waals surface area contributed by atoms with Gasteiger partial charge in [-0.3, -0.25) is 14.5 Å². The lowest BCUT2D eigenvalue weighted by Gasteiger charge is -2.28. The number of para-hydroxylation sites is 1. The largest absolute Gasteiger partial charge is 0.379 e. The van der Waals surface area contributed by atoms with Crippen LogP contribution in [0.3, 0.4) is 0 Å². The molecule has 220 valence electrons. The van der Waals surface area contributed by atoms with Crippen LogP contribution in [-0.4, -0.2) is 89.0 Å². The molecule has 1 saturated heterocycles. The fourth-order valence-corrected chi connectivity index (χ4v) is 5.45. The normalized spacial score (nSPS) is 13.8. The average molecular weight is 610 g/mol. The first-order chi connectivity index (χ1) is 20.5. The minimum absolute atomic E-state index is 0.0224. The first kappa shape index (κ1) is 30.0. The molecule has 11 heteroatoms. The molecule has 2 amide bonds. The number of aromatic amines is 1. The van der Waals surface area contributed by atoms with Gasteiger partial charge < -0.3 is 19.9 Å². The molecule has 2 N–H and O–H groups in total. The molecule has 0 radical (unpaired) electrons. The van der Waals surface area contributed by atoms with Crippen LogP contribution in [0.15, 0.2) is 61.1 Å². The van der Waals surface area contributed by atoms with E-state index >= 15 is 0 Å². The van der Waals surface area contributed by atoms with Crippen molar-refractivity contribution in [2.24, 2.45) is 0 Å². The highest BCUT2D eigenvalue weighted by Gasteiger charge is 2.25. The van der Waals surface area contributed by atoms with E-state index in [1.165, 1.54) is 12.4 Å². The molecule has 42 heavy (non-hydrogen) atoms. The topological polar surface area (TPSA) is 103 Å². The van der Waals surface area contributed by atoms with Gasteiger partial charge in [-0.25, -0.2) is 9.97 Å². The van der Waals surface area contributed by atoms with Crippen LogP contribution >= 0.6 is 23.2 Å². The number of carbonyl (C=O) groups is 2. The van der Waals surface area contributed by atoms with E-state index < -0.39 is 5.91 Å². The van der Waals surface area contributed by atoms with Gasteiger partial charge in [-0.2, -0.15) is 0 Å². The molecule has 0 bridgehead atoms. The number of rotatable bonds is 12. The second kappa shape index (κ2) is 14.6. The summed E-state index contributed by atoms with van der Waals surface area (Å²) in [5.41, 5.74) is 3.19. The zero-order valence-corrected chi connectivity index (χ0v) is 24.8. The molecule has 0 spiro atoms. The lowest BCUT2D eigenvalue weighted by molar-refractivity contribution is 0.0357. The summed E-state index contributed by atoms with van der Waals surface area (Å²) in [5, 5.41) is 5.00. The number of aromatic nitrogens is 3. The third kappa shape index (κ3) is 7.66. The second-order valence-electron chi connectivity index (χ2n) is 10.2. The molecule has 2 aromatic heterocycles. The van der Waals surface area contributed by atoms with E-state index in [4.69, 9.17) is 27.9 Å². The predicted octanol–water partition coefficient (Wildman–Crippen LogP) is 4.64. The lowest BCUT2D eigenvalue weighted by Crippen LogP contribution is -2.40. The molecule has 0 saturated carbocycles. The maximum atomic E-state index is 13.9. The van der Waals surface area contributed by atoms with Crippen molar-refractivity contribution in [2.45, 2.75) is 19.3 Å². The number of carbonyl (C=O) groups excluding carboxylic acids is 2. The number of hydrogen-bond acceptors (Lipinski definition) is 6. The number of ether oxygens (including phenoxy) is 1. The van der Waals surface area contributed by atoms with Crippen LogP contribution in [0, 0.1) is 0 Å². The molecule has 1 aliphatic rings. The number of benzene rings is 2. The molecule has 0 atom stereocenters. The number of H-pyrrole nitrogens is 1.